The Balaban J connectivity index is 2.48. The largest absolute Gasteiger partial charge is 0.234 e. The fraction of sp³-hybridized carbons (Fsp3) is 1.00. The van der Waals surface area contributed by atoms with Crippen molar-refractivity contribution in [3.63, 3.8) is 0 Å². The van der Waals surface area contributed by atoms with Crippen molar-refractivity contribution in [1.82, 2.24) is 0 Å². The van der Waals surface area contributed by atoms with Gasteiger partial charge in [-0.25, -0.2) is 9.78 Å². The van der Waals surface area contributed by atoms with Gasteiger partial charge < -0.3 is 0 Å². The van der Waals surface area contributed by atoms with Crippen LogP contribution in [0.4, 0.5) is 0 Å². The molecule has 0 radical (unpaired) electrons. The molecule has 4 heteroatoms. The number of hydrogen-bond acceptors (Lipinski definition) is 4. The van der Waals surface area contributed by atoms with Crippen LogP contribution in [0, 0.1) is 0 Å². The Morgan fingerprint density at radius 1 is 0.425 bits per heavy atom. The Bertz CT molecular complexity index is 467. The lowest BCUT2D eigenvalue weighted by atomic mass is 9.97. The molecule has 0 amide bonds. The zero-order valence-electron chi connectivity index (χ0n) is 27.8. The molecule has 1 fully saturated rings. The highest BCUT2D eigenvalue weighted by Crippen LogP contribution is 2.32. The Morgan fingerprint density at radius 2 is 0.725 bits per heavy atom. The quantitative estimate of drug-likeness (QED) is 0.0502. The standard InChI is InChI=1S/C36H72O4/c1-5-7-9-11-13-18-22-26-30-34(3)37-39-36(32-28-24-20-16-15-17-21-25-29-33-36)40-38-35(4)31-27-23-19-14-12-10-8-6-2/h34-35H,5-33H2,1-4H3. The van der Waals surface area contributed by atoms with Gasteiger partial charge in [-0.05, 0) is 39.5 Å². The molecular weight excluding hydrogens is 496 g/mol. The van der Waals surface area contributed by atoms with E-state index in [0.29, 0.717) is 0 Å². The minimum absolute atomic E-state index is 0.0803. The van der Waals surface area contributed by atoms with Gasteiger partial charge >= 0.3 is 0 Å². The van der Waals surface area contributed by atoms with Crippen molar-refractivity contribution in [3.05, 3.63) is 0 Å². The molecular formula is C36H72O4. The van der Waals surface area contributed by atoms with Gasteiger partial charge in [0, 0.05) is 12.8 Å². The first-order chi connectivity index (χ1) is 19.6. The van der Waals surface area contributed by atoms with Gasteiger partial charge in [0.2, 0.25) is 5.79 Å². The lowest BCUT2D eigenvalue weighted by molar-refractivity contribution is -0.529. The van der Waals surface area contributed by atoms with E-state index in [4.69, 9.17) is 19.6 Å². The third-order valence-electron chi connectivity index (χ3n) is 8.77. The molecule has 1 rings (SSSR count). The van der Waals surface area contributed by atoms with E-state index in [-0.39, 0.29) is 12.2 Å². The van der Waals surface area contributed by atoms with Crippen molar-refractivity contribution in [2.24, 2.45) is 0 Å². The average Bonchev–Trinajstić information content (AvgIpc) is 2.95. The molecule has 0 bridgehead atoms. The smallest absolute Gasteiger partial charge is 0.231 e. The fourth-order valence-electron chi connectivity index (χ4n) is 5.90. The molecule has 1 aliphatic carbocycles. The lowest BCUT2D eigenvalue weighted by Gasteiger charge is -2.33. The molecule has 0 aromatic heterocycles. The predicted molar refractivity (Wildman–Crippen MR) is 171 cm³/mol. The van der Waals surface area contributed by atoms with E-state index in [9.17, 15) is 0 Å². The molecule has 2 atom stereocenters. The Hall–Kier alpha value is -0.160. The highest BCUT2D eigenvalue weighted by Gasteiger charge is 2.36. The highest BCUT2D eigenvalue weighted by molar-refractivity contribution is 4.70. The number of unbranched alkanes of at least 4 members (excludes halogenated alkanes) is 14. The van der Waals surface area contributed by atoms with Crippen molar-refractivity contribution in [2.45, 2.75) is 232 Å². The summed E-state index contributed by atoms with van der Waals surface area (Å²) in [4.78, 5) is 24.6. The lowest BCUT2D eigenvalue weighted by Crippen LogP contribution is -2.38. The van der Waals surface area contributed by atoms with Gasteiger partial charge in [0.15, 0.2) is 0 Å². The summed E-state index contributed by atoms with van der Waals surface area (Å²) in [5, 5.41) is 0. The van der Waals surface area contributed by atoms with Crippen LogP contribution in [0.3, 0.4) is 0 Å². The van der Waals surface area contributed by atoms with Crippen LogP contribution in [-0.4, -0.2) is 18.0 Å². The van der Waals surface area contributed by atoms with Crippen LogP contribution in [0.2, 0.25) is 0 Å². The van der Waals surface area contributed by atoms with Gasteiger partial charge in [-0.1, -0.05) is 162 Å². The summed E-state index contributed by atoms with van der Waals surface area (Å²) in [5.74, 6) is -0.778. The molecule has 0 spiro atoms. The first-order valence-corrected chi connectivity index (χ1v) is 18.3. The summed E-state index contributed by atoms with van der Waals surface area (Å²) in [6.45, 7) is 8.86. The highest BCUT2D eigenvalue weighted by atomic mass is 17.3. The van der Waals surface area contributed by atoms with E-state index in [1.807, 2.05) is 0 Å². The van der Waals surface area contributed by atoms with Gasteiger partial charge in [-0.3, -0.25) is 0 Å². The summed E-state index contributed by atoms with van der Waals surface area (Å²) in [5.41, 5.74) is 0. The van der Waals surface area contributed by atoms with Gasteiger partial charge in [-0.15, -0.1) is 0 Å². The van der Waals surface area contributed by atoms with Crippen LogP contribution in [-0.2, 0) is 19.6 Å². The van der Waals surface area contributed by atoms with Crippen LogP contribution in [0.25, 0.3) is 0 Å². The second kappa shape index (κ2) is 27.7. The van der Waals surface area contributed by atoms with Crippen molar-refractivity contribution in [1.29, 1.82) is 0 Å². The van der Waals surface area contributed by atoms with Gasteiger partial charge in [0.05, 0.1) is 12.2 Å². The first-order valence-electron chi connectivity index (χ1n) is 18.3. The Morgan fingerprint density at radius 3 is 1.07 bits per heavy atom. The van der Waals surface area contributed by atoms with Crippen LogP contribution in [0.5, 0.6) is 0 Å². The zero-order chi connectivity index (χ0) is 29.0. The number of hydrogen-bond donors (Lipinski definition) is 0. The molecule has 0 heterocycles. The summed E-state index contributed by atoms with van der Waals surface area (Å²) >= 11 is 0. The van der Waals surface area contributed by atoms with Crippen molar-refractivity contribution in [2.75, 3.05) is 0 Å². The average molecular weight is 569 g/mol. The van der Waals surface area contributed by atoms with Crippen molar-refractivity contribution >= 4 is 0 Å². The van der Waals surface area contributed by atoms with Gasteiger partial charge in [-0.2, -0.15) is 9.78 Å². The van der Waals surface area contributed by atoms with E-state index in [1.165, 1.54) is 148 Å². The van der Waals surface area contributed by atoms with E-state index in [2.05, 4.69) is 27.7 Å². The summed E-state index contributed by atoms with van der Waals surface area (Å²) in [6.07, 6.45) is 36.7. The molecule has 0 aromatic carbocycles. The molecule has 0 N–H and O–H groups in total. The van der Waals surface area contributed by atoms with Crippen molar-refractivity contribution < 1.29 is 19.6 Å². The molecule has 40 heavy (non-hydrogen) atoms. The molecule has 0 aromatic rings. The maximum absolute atomic E-state index is 6.25. The normalized spacial score (nSPS) is 18.6. The zero-order valence-corrected chi connectivity index (χ0v) is 27.8. The summed E-state index contributed by atoms with van der Waals surface area (Å²) in [6, 6.07) is 0. The van der Waals surface area contributed by atoms with Crippen LogP contribution in [0.1, 0.15) is 214 Å². The third-order valence-corrected chi connectivity index (χ3v) is 8.77. The number of rotatable bonds is 24. The third kappa shape index (κ3) is 22.4. The van der Waals surface area contributed by atoms with Crippen molar-refractivity contribution in [3.8, 4) is 0 Å². The topological polar surface area (TPSA) is 36.9 Å². The van der Waals surface area contributed by atoms with Crippen LogP contribution in [0.15, 0.2) is 0 Å². The van der Waals surface area contributed by atoms with E-state index in [1.54, 1.807) is 0 Å². The molecule has 2 unspecified atom stereocenters. The van der Waals surface area contributed by atoms with E-state index < -0.39 is 5.79 Å². The SMILES string of the molecule is CCCCCCCCCCC(C)OOC1(OOC(C)CCCCCCCCCC)CCCCCCCCCCC1. The maximum Gasteiger partial charge on any atom is 0.234 e. The molecule has 4 nitrogen and oxygen atoms in total. The Labute approximate surface area is 251 Å². The molecule has 0 saturated heterocycles. The molecule has 1 aliphatic rings. The molecule has 1 saturated carbocycles. The maximum atomic E-state index is 6.25. The van der Waals surface area contributed by atoms with Gasteiger partial charge in [0.25, 0.3) is 0 Å². The minimum atomic E-state index is -0.778. The van der Waals surface area contributed by atoms with E-state index in [0.717, 1.165) is 38.5 Å². The van der Waals surface area contributed by atoms with Gasteiger partial charge in [0.1, 0.15) is 0 Å². The van der Waals surface area contributed by atoms with Crippen LogP contribution < -0.4 is 0 Å². The molecule has 240 valence electrons. The second-order valence-electron chi connectivity index (χ2n) is 13.1. The minimum Gasteiger partial charge on any atom is -0.231 e. The molecule has 0 aliphatic heterocycles. The summed E-state index contributed by atoms with van der Waals surface area (Å²) in [7, 11) is 0. The van der Waals surface area contributed by atoms with E-state index >= 15 is 0 Å². The fourth-order valence-corrected chi connectivity index (χ4v) is 5.90. The second-order valence-corrected chi connectivity index (χ2v) is 13.1. The summed E-state index contributed by atoms with van der Waals surface area (Å²) < 4.78 is 0. The predicted octanol–water partition coefficient (Wildman–Crippen LogP) is 12.7. The Kier molecular flexibility index (Phi) is 26.2. The first kappa shape index (κ1) is 37.9. The van der Waals surface area contributed by atoms with Crippen LogP contribution >= 0.6 is 0 Å². The monoisotopic (exact) mass is 569 g/mol.